The van der Waals surface area contributed by atoms with Crippen molar-refractivity contribution in [3.63, 3.8) is 0 Å². The van der Waals surface area contributed by atoms with Gasteiger partial charge in [-0.05, 0) is 19.3 Å². The van der Waals surface area contributed by atoms with E-state index in [0.29, 0.717) is 19.3 Å². The monoisotopic (exact) mass is 286 g/mol. The Kier molecular flexibility index (Phi) is 8.21. The molecule has 0 aromatic rings. The molecule has 2 N–H and O–H groups in total. The summed E-state index contributed by atoms with van der Waals surface area (Å²) in [4.78, 5) is 22.4. The second kappa shape index (κ2) is 8.53. The Labute approximate surface area is 122 Å². The number of ketones is 1. The van der Waals surface area contributed by atoms with Crippen molar-refractivity contribution in [3.05, 3.63) is 0 Å². The van der Waals surface area contributed by atoms with Gasteiger partial charge in [-0.1, -0.05) is 40.5 Å². The van der Waals surface area contributed by atoms with Crippen LogP contribution in [0.4, 0.5) is 0 Å². The van der Waals surface area contributed by atoms with Crippen LogP contribution in [0.15, 0.2) is 0 Å². The molecule has 0 saturated heterocycles. The van der Waals surface area contributed by atoms with Crippen LogP contribution in [0.1, 0.15) is 72.6 Å². The van der Waals surface area contributed by atoms with Gasteiger partial charge in [0.2, 0.25) is 0 Å². The highest BCUT2D eigenvalue weighted by atomic mass is 16.5. The largest absolute Gasteiger partial charge is 0.368 e. The second-order valence-corrected chi connectivity index (χ2v) is 7.07. The average Bonchev–Trinajstić information content (AvgIpc) is 2.35. The number of Topliss-reactive ketones (excluding diaryl/α,β-unsaturated/α-hetero) is 1. The van der Waals surface area contributed by atoms with E-state index in [4.69, 9.17) is 10.2 Å². The molecule has 0 atom stereocenters. The Morgan fingerprint density at radius 2 is 1.60 bits per heavy atom. The topological polar surface area (TPSA) is 74.6 Å². The molecule has 0 unspecified atom stereocenters. The maximum Gasteiger partial charge on any atom is 0.156 e. The van der Waals surface area contributed by atoms with Crippen molar-refractivity contribution in [1.29, 1.82) is 0 Å². The fourth-order valence-electron chi connectivity index (χ4n) is 1.85. The van der Waals surface area contributed by atoms with E-state index in [1.807, 2.05) is 13.8 Å². The standard InChI is InChI=1S/C16H30O4/c1-15(2,12-17)10-7-5-6-8-13(18)9-11-16(3,4)14(19)20/h12,14,19-20H,5-11H2,1-4H3. The number of aliphatic hydroxyl groups excluding tert-OH is 1. The molecule has 20 heavy (non-hydrogen) atoms. The first-order valence-corrected chi connectivity index (χ1v) is 7.45. The molecule has 0 aromatic heterocycles. The Balaban J connectivity index is 3.73. The third kappa shape index (κ3) is 8.43. The van der Waals surface area contributed by atoms with Crippen LogP contribution in [-0.4, -0.2) is 28.6 Å². The Bertz CT molecular complexity index is 306. The fraction of sp³-hybridized carbons (Fsp3) is 0.875. The van der Waals surface area contributed by atoms with Crippen LogP contribution in [0.25, 0.3) is 0 Å². The van der Waals surface area contributed by atoms with Gasteiger partial charge in [-0.2, -0.15) is 0 Å². The molecule has 4 nitrogen and oxygen atoms in total. The van der Waals surface area contributed by atoms with Crippen molar-refractivity contribution in [3.8, 4) is 0 Å². The average molecular weight is 286 g/mol. The summed E-state index contributed by atoms with van der Waals surface area (Å²) in [6.45, 7) is 7.33. The molecule has 0 aromatic carbocycles. The van der Waals surface area contributed by atoms with Crippen LogP contribution < -0.4 is 0 Å². The van der Waals surface area contributed by atoms with Crippen LogP contribution in [0.5, 0.6) is 0 Å². The van der Waals surface area contributed by atoms with E-state index in [2.05, 4.69) is 0 Å². The van der Waals surface area contributed by atoms with Crippen LogP contribution >= 0.6 is 0 Å². The predicted molar refractivity (Wildman–Crippen MR) is 79.2 cm³/mol. The van der Waals surface area contributed by atoms with E-state index in [0.717, 1.165) is 32.0 Å². The molecule has 0 amide bonds. The number of rotatable bonds is 11. The molecule has 0 rings (SSSR count). The summed E-state index contributed by atoms with van der Waals surface area (Å²) in [5, 5.41) is 18.3. The minimum atomic E-state index is -1.39. The first-order valence-electron chi connectivity index (χ1n) is 7.45. The van der Waals surface area contributed by atoms with Gasteiger partial charge >= 0.3 is 0 Å². The van der Waals surface area contributed by atoms with Gasteiger partial charge in [0.1, 0.15) is 12.1 Å². The highest BCUT2D eigenvalue weighted by Crippen LogP contribution is 2.26. The lowest BCUT2D eigenvalue weighted by Gasteiger charge is -2.26. The molecule has 118 valence electrons. The third-order valence-electron chi connectivity index (χ3n) is 3.84. The fourth-order valence-corrected chi connectivity index (χ4v) is 1.85. The van der Waals surface area contributed by atoms with Gasteiger partial charge in [0.05, 0.1) is 0 Å². The Hall–Kier alpha value is -0.740. The normalized spacial score (nSPS) is 12.8. The summed E-state index contributed by atoms with van der Waals surface area (Å²) in [6.07, 6.45) is 4.63. The number of aliphatic hydroxyl groups is 2. The predicted octanol–water partition coefficient (Wildman–Crippen LogP) is 2.85. The van der Waals surface area contributed by atoms with Crippen molar-refractivity contribution in [1.82, 2.24) is 0 Å². The van der Waals surface area contributed by atoms with Crippen LogP contribution in [0.3, 0.4) is 0 Å². The number of hydrogen-bond donors (Lipinski definition) is 2. The molecule has 0 fully saturated rings. The summed E-state index contributed by atoms with van der Waals surface area (Å²) >= 11 is 0. The molecular formula is C16H30O4. The highest BCUT2D eigenvalue weighted by Gasteiger charge is 2.26. The number of carbonyl (C=O) groups is 2. The van der Waals surface area contributed by atoms with E-state index in [1.165, 1.54) is 0 Å². The first kappa shape index (κ1) is 19.3. The molecule has 0 heterocycles. The minimum absolute atomic E-state index is 0.174. The first-order chi connectivity index (χ1) is 9.10. The molecule has 0 aliphatic carbocycles. The molecule has 0 bridgehead atoms. The van der Waals surface area contributed by atoms with Crippen molar-refractivity contribution in [2.75, 3.05) is 0 Å². The lowest BCUT2D eigenvalue weighted by molar-refractivity contribution is -0.131. The summed E-state index contributed by atoms with van der Waals surface area (Å²) in [5.41, 5.74) is -0.894. The molecule has 0 spiro atoms. The number of hydrogen-bond acceptors (Lipinski definition) is 4. The van der Waals surface area contributed by atoms with Crippen molar-refractivity contribution < 1.29 is 19.8 Å². The van der Waals surface area contributed by atoms with Crippen LogP contribution in [0, 0.1) is 10.8 Å². The number of carbonyl (C=O) groups excluding carboxylic acids is 2. The van der Waals surface area contributed by atoms with Crippen molar-refractivity contribution in [2.24, 2.45) is 10.8 Å². The van der Waals surface area contributed by atoms with Crippen molar-refractivity contribution in [2.45, 2.75) is 78.9 Å². The van der Waals surface area contributed by atoms with Gasteiger partial charge in [0.15, 0.2) is 6.29 Å². The Morgan fingerprint density at radius 1 is 1.00 bits per heavy atom. The van der Waals surface area contributed by atoms with Gasteiger partial charge in [-0.15, -0.1) is 0 Å². The number of unbranched alkanes of at least 4 members (excludes halogenated alkanes) is 2. The molecule has 0 saturated carbocycles. The molecule has 4 heteroatoms. The zero-order chi connectivity index (χ0) is 15.8. The zero-order valence-corrected chi connectivity index (χ0v) is 13.3. The Morgan fingerprint density at radius 3 is 2.10 bits per heavy atom. The molecule has 0 radical (unpaired) electrons. The molecule has 0 aliphatic heterocycles. The smallest absolute Gasteiger partial charge is 0.156 e. The SMILES string of the molecule is CC(C)(C=O)CCCCCC(=O)CCC(C)(C)C(O)O. The van der Waals surface area contributed by atoms with E-state index in [-0.39, 0.29) is 11.2 Å². The quantitative estimate of drug-likeness (QED) is 0.348. The van der Waals surface area contributed by atoms with E-state index in [1.54, 1.807) is 13.8 Å². The van der Waals surface area contributed by atoms with Gasteiger partial charge in [0.25, 0.3) is 0 Å². The van der Waals surface area contributed by atoms with Crippen LogP contribution in [-0.2, 0) is 9.59 Å². The lowest BCUT2D eigenvalue weighted by atomic mass is 9.85. The van der Waals surface area contributed by atoms with Gasteiger partial charge in [-0.3, -0.25) is 4.79 Å². The van der Waals surface area contributed by atoms with E-state index in [9.17, 15) is 9.59 Å². The zero-order valence-electron chi connectivity index (χ0n) is 13.3. The maximum atomic E-state index is 11.7. The van der Waals surface area contributed by atoms with E-state index >= 15 is 0 Å². The highest BCUT2D eigenvalue weighted by molar-refractivity contribution is 5.78. The maximum absolute atomic E-state index is 11.7. The number of aldehydes is 1. The summed E-state index contributed by atoms with van der Waals surface area (Å²) in [7, 11) is 0. The molecule has 0 aliphatic rings. The van der Waals surface area contributed by atoms with Gasteiger partial charge in [0, 0.05) is 23.7 Å². The second-order valence-electron chi connectivity index (χ2n) is 7.07. The van der Waals surface area contributed by atoms with E-state index < -0.39 is 11.7 Å². The van der Waals surface area contributed by atoms with Crippen LogP contribution in [0.2, 0.25) is 0 Å². The van der Waals surface area contributed by atoms with Crippen molar-refractivity contribution >= 4 is 12.1 Å². The molecular weight excluding hydrogens is 256 g/mol. The summed E-state index contributed by atoms with van der Waals surface area (Å²) in [6, 6.07) is 0. The van der Waals surface area contributed by atoms with Gasteiger partial charge < -0.3 is 15.0 Å². The van der Waals surface area contributed by atoms with Gasteiger partial charge in [-0.25, -0.2) is 0 Å². The summed E-state index contributed by atoms with van der Waals surface area (Å²) < 4.78 is 0. The minimum Gasteiger partial charge on any atom is -0.368 e. The third-order valence-corrected chi connectivity index (χ3v) is 3.84. The lowest BCUT2D eigenvalue weighted by Crippen LogP contribution is -2.29. The summed E-state index contributed by atoms with van der Waals surface area (Å²) in [5.74, 6) is 0.174.